The van der Waals surface area contributed by atoms with Crippen LogP contribution in [0.4, 0.5) is 16.2 Å². The van der Waals surface area contributed by atoms with Crippen LogP contribution in [-0.2, 0) is 9.47 Å². The number of nitrogens with zero attached hydrogens (tertiary/aromatic N) is 3. The van der Waals surface area contributed by atoms with Crippen molar-refractivity contribution in [2.45, 2.75) is 51.6 Å². The molecule has 1 saturated heterocycles. The van der Waals surface area contributed by atoms with E-state index < -0.39 is 0 Å². The quantitative estimate of drug-likeness (QED) is 0.728. The summed E-state index contributed by atoms with van der Waals surface area (Å²) < 4.78 is 10.8. The Hall–Kier alpha value is -2.61. The smallest absolute Gasteiger partial charge is 0.407 e. The third kappa shape index (κ3) is 5.76. The number of ether oxygens (including phenoxy) is 2. The van der Waals surface area contributed by atoms with Gasteiger partial charge in [0.05, 0.1) is 31.0 Å². The normalized spacial score (nSPS) is 21.8. The predicted octanol–water partition coefficient (Wildman–Crippen LogP) is 3.57. The van der Waals surface area contributed by atoms with Crippen molar-refractivity contribution in [3.63, 3.8) is 0 Å². The van der Waals surface area contributed by atoms with E-state index >= 15 is 0 Å². The van der Waals surface area contributed by atoms with Crippen molar-refractivity contribution in [2.24, 2.45) is 5.92 Å². The first kappa shape index (κ1) is 21.6. The number of morpholine rings is 1. The number of alkyl carbamates (subject to hydrolysis) is 1. The molecule has 2 N–H and O–H groups in total. The van der Waals surface area contributed by atoms with Gasteiger partial charge in [0, 0.05) is 43.3 Å². The van der Waals surface area contributed by atoms with Crippen LogP contribution in [0.15, 0.2) is 24.5 Å². The maximum absolute atomic E-state index is 11.9. The van der Waals surface area contributed by atoms with Gasteiger partial charge in [-0.2, -0.15) is 0 Å². The zero-order valence-electron chi connectivity index (χ0n) is 18.5. The van der Waals surface area contributed by atoms with E-state index in [0.29, 0.717) is 18.6 Å². The summed E-state index contributed by atoms with van der Waals surface area (Å²) >= 11 is 0. The number of amides is 1. The standard InChI is InChI=1S/C23H33N5O3/c1-16(2)15-31-23(29)27-18-5-3-17(4-6-18)26-21-14-19(28-9-11-30-12-10-28)13-20-22(21)25-8-7-24-20/h7-8,13-14,16-18,26H,3-6,9-12,15H2,1-2H3,(H,27,29)/t17-,18+. The molecular formula is C23H33N5O3. The predicted molar refractivity (Wildman–Crippen MR) is 122 cm³/mol. The summed E-state index contributed by atoms with van der Waals surface area (Å²) in [6.07, 6.45) is 7.01. The number of nitrogens with one attached hydrogen (secondary N) is 2. The summed E-state index contributed by atoms with van der Waals surface area (Å²) in [5, 5.41) is 6.72. The SMILES string of the molecule is CC(C)COC(=O)N[C@H]1CC[C@@H](Nc2cc(N3CCOCC3)cc3nccnc23)CC1. The first-order valence-electron chi connectivity index (χ1n) is 11.4. The van der Waals surface area contributed by atoms with Crippen molar-refractivity contribution < 1.29 is 14.3 Å². The molecule has 8 heteroatoms. The maximum atomic E-state index is 11.9. The first-order valence-corrected chi connectivity index (χ1v) is 11.4. The molecule has 168 valence electrons. The summed E-state index contributed by atoms with van der Waals surface area (Å²) in [7, 11) is 0. The van der Waals surface area contributed by atoms with E-state index in [1.807, 2.05) is 13.8 Å². The van der Waals surface area contributed by atoms with E-state index in [1.54, 1.807) is 12.4 Å². The molecule has 2 aromatic rings. The molecule has 0 unspecified atom stereocenters. The van der Waals surface area contributed by atoms with Crippen LogP contribution in [0.3, 0.4) is 0 Å². The number of fused-ring (bicyclic) bond motifs is 1. The molecule has 0 bridgehead atoms. The first-order chi connectivity index (χ1) is 15.1. The largest absolute Gasteiger partial charge is 0.449 e. The number of anilines is 2. The Bertz CT molecular complexity index is 877. The Kier molecular flexibility index (Phi) is 7.06. The third-order valence-corrected chi connectivity index (χ3v) is 5.89. The van der Waals surface area contributed by atoms with Crippen molar-refractivity contribution in [3.8, 4) is 0 Å². The van der Waals surface area contributed by atoms with Gasteiger partial charge in [-0.15, -0.1) is 0 Å². The fraction of sp³-hybridized carbons (Fsp3) is 0.609. The van der Waals surface area contributed by atoms with Gasteiger partial charge in [0.15, 0.2) is 0 Å². The highest BCUT2D eigenvalue weighted by Crippen LogP contribution is 2.31. The van der Waals surface area contributed by atoms with Gasteiger partial charge in [0.1, 0.15) is 5.52 Å². The van der Waals surface area contributed by atoms with E-state index in [0.717, 1.165) is 74.4 Å². The number of hydrogen-bond acceptors (Lipinski definition) is 7. The molecule has 2 fully saturated rings. The minimum atomic E-state index is -0.301. The lowest BCUT2D eigenvalue weighted by Gasteiger charge is -2.32. The average Bonchev–Trinajstić information content (AvgIpc) is 2.79. The minimum absolute atomic E-state index is 0.175. The molecule has 0 spiro atoms. The molecule has 8 nitrogen and oxygen atoms in total. The van der Waals surface area contributed by atoms with Crippen molar-refractivity contribution in [1.29, 1.82) is 0 Å². The van der Waals surface area contributed by atoms with Crippen LogP contribution in [0.25, 0.3) is 11.0 Å². The Balaban J connectivity index is 1.39. The topological polar surface area (TPSA) is 88.6 Å². The molecule has 1 aliphatic heterocycles. The fourth-order valence-electron chi connectivity index (χ4n) is 4.23. The van der Waals surface area contributed by atoms with Gasteiger partial charge in [0.25, 0.3) is 0 Å². The Morgan fingerprint density at radius 1 is 1.13 bits per heavy atom. The number of hydrogen-bond donors (Lipinski definition) is 2. The Morgan fingerprint density at radius 3 is 2.58 bits per heavy atom. The van der Waals surface area contributed by atoms with Crippen LogP contribution >= 0.6 is 0 Å². The van der Waals surface area contributed by atoms with Gasteiger partial charge in [-0.1, -0.05) is 13.8 Å². The lowest BCUT2D eigenvalue weighted by molar-refractivity contribution is 0.122. The summed E-state index contributed by atoms with van der Waals surface area (Å²) in [6.45, 7) is 7.79. The molecule has 0 atom stereocenters. The molecule has 1 amide bonds. The van der Waals surface area contributed by atoms with Gasteiger partial charge < -0.3 is 25.0 Å². The molecule has 2 aliphatic rings. The van der Waals surface area contributed by atoms with Crippen LogP contribution in [-0.4, -0.2) is 61.1 Å². The summed E-state index contributed by atoms with van der Waals surface area (Å²) in [5.41, 5.74) is 3.98. The lowest BCUT2D eigenvalue weighted by Crippen LogP contribution is -2.40. The Labute approximate surface area is 183 Å². The van der Waals surface area contributed by atoms with E-state index in [-0.39, 0.29) is 12.1 Å². The van der Waals surface area contributed by atoms with Gasteiger partial charge in [-0.25, -0.2) is 4.79 Å². The fourth-order valence-corrected chi connectivity index (χ4v) is 4.23. The molecule has 1 aliphatic carbocycles. The van der Waals surface area contributed by atoms with E-state index in [2.05, 4.69) is 37.6 Å². The molecule has 1 aromatic heterocycles. The van der Waals surface area contributed by atoms with Crippen molar-refractivity contribution in [3.05, 3.63) is 24.5 Å². The van der Waals surface area contributed by atoms with Crippen LogP contribution in [0.5, 0.6) is 0 Å². The van der Waals surface area contributed by atoms with Crippen molar-refractivity contribution in [2.75, 3.05) is 43.1 Å². The van der Waals surface area contributed by atoms with Crippen molar-refractivity contribution in [1.82, 2.24) is 15.3 Å². The van der Waals surface area contributed by atoms with E-state index in [4.69, 9.17) is 9.47 Å². The number of aromatic nitrogens is 2. The molecule has 0 radical (unpaired) electrons. The van der Waals surface area contributed by atoms with Crippen LogP contribution in [0, 0.1) is 5.92 Å². The minimum Gasteiger partial charge on any atom is -0.449 e. The number of rotatable bonds is 6. The van der Waals surface area contributed by atoms with E-state index in [1.165, 1.54) is 0 Å². The molecular weight excluding hydrogens is 394 g/mol. The van der Waals surface area contributed by atoms with Crippen LogP contribution in [0.2, 0.25) is 0 Å². The molecule has 4 rings (SSSR count). The highest BCUT2D eigenvalue weighted by atomic mass is 16.5. The Morgan fingerprint density at radius 2 is 1.84 bits per heavy atom. The second-order valence-electron chi connectivity index (χ2n) is 8.85. The lowest BCUT2D eigenvalue weighted by atomic mass is 9.91. The van der Waals surface area contributed by atoms with E-state index in [9.17, 15) is 4.79 Å². The molecule has 1 aromatic carbocycles. The average molecular weight is 428 g/mol. The third-order valence-electron chi connectivity index (χ3n) is 5.89. The molecule has 2 heterocycles. The maximum Gasteiger partial charge on any atom is 0.407 e. The second kappa shape index (κ2) is 10.1. The summed E-state index contributed by atoms with van der Waals surface area (Å²) in [6, 6.07) is 4.82. The zero-order chi connectivity index (χ0) is 21.6. The molecule has 31 heavy (non-hydrogen) atoms. The number of carbonyl (C=O) groups excluding carboxylic acids is 1. The highest BCUT2D eigenvalue weighted by molar-refractivity contribution is 5.91. The van der Waals surface area contributed by atoms with Gasteiger partial charge >= 0.3 is 6.09 Å². The molecule has 1 saturated carbocycles. The van der Waals surface area contributed by atoms with Gasteiger partial charge in [0.2, 0.25) is 0 Å². The number of benzene rings is 1. The second-order valence-corrected chi connectivity index (χ2v) is 8.85. The summed E-state index contributed by atoms with van der Waals surface area (Å²) in [4.78, 5) is 23.4. The van der Waals surface area contributed by atoms with Gasteiger partial charge in [-0.05, 0) is 43.7 Å². The van der Waals surface area contributed by atoms with Crippen LogP contribution in [0.1, 0.15) is 39.5 Å². The van der Waals surface area contributed by atoms with Crippen LogP contribution < -0.4 is 15.5 Å². The zero-order valence-corrected chi connectivity index (χ0v) is 18.5. The van der Waals surface area contributed by atoms with Gasteiger partial charge in [-0.3, -0.25) is 9.97 Å². The monoisotopic (exact) mass is 427 g/mol. The number of carbonyl (C=O) groups is 1. The highest BCUT2D eigenvalue weighted by Gasteiger charge is 2.24. The van der Waals surface area contributed by atoms with Crippen molar-refractivity contribution >= 4 is 28.5 Å². The summed E-state index contributed by atoms with van der Waals surface area (Å²) in [5.74, 6) is 0.344.